The van der Waals surface area contributed by atoms with Crippen LogP contribution in [0.1, 0.15) is 5.56 Å². The van der Waals surface area contributed by atoms with Crippen LogP contribution in [-0.2, 0) is 11.2 Å². The monoisotopic (exact) mass is 323 g/mol. The molecule has 0 spiro atoms. The van der Waals surface area contributed by atoms with Crippen molar-refractivity contribution in [2.45, 2.75) is 12.5 Å². The molecule has 0 unspecified atom stereocenters. The third kappa shape index (κ3) is 3.55. The number of hydrogen-bond donors (Lipinski definition) is 1. The third-order valence-corrected chi connectivity index (χ3v) is 2.98. The number of halogens is 2. The minimum atomic E-state index is -0.114. The van der Waals surface area contributed by atoms with Crippen molar-refractivity contribution in [3.05, 3.63) is 34.9 Å². The summed E-state index contributed by atoms with van der Waals surface area (Å²) in [4.78, 5) is 11.1. The molecule has 0 bridgehead atoms. The van der Waals surface area contributed by atoms with Crippen LogP contribution in [-0.4, -0.2) is 16.9 Å². The van der Waals surface area contributed by atoms with E-state index < -0.39 is 0 Å². The van der Waals surface area contributed by atoms with Crippen LogP contribution in [0.5, 0.6) is 0 Å². The Hall–Kier alpha value is -0.130. The van der Waals surface area contributed by atoms with Crippen LogP contribution in [0.25, 0.3) is 0 Å². The van der Waals surface area contributed by atoms with Gasteiger partial charge in [-0.2, -0.15) is 0 Å². The van der Waals surface area contributed by atoms with E-state index in [4.69, 9.17) is 11.6 Å². The van der Waals surface area contributed by atoms with Crippen LogP contribution in [0, 0.1) is 0 Å². The summed E-state index contributed by atoms with van der Waals surface area (Å²) in [7, 11) is 1.79. The van der Waals surface area contributed by atoms with E-state index in [9.17, 15) is 4.79 Å². The van der Waals surface area contributed by atoms with Crippen molar-refractivity contribution in [1.82, 2.24) is 5.32 Å². The van der Waals surface area contributed by atoms with Gasteiger partial charge >= 0.3 is 0 Å². The van der Waals surface area contributed by atoms with Crippen LogP contribution in [0.15, 0.2) is 24.3 Å². The smallest absolute Gasteiger partial charge is 0.209 e. The molecule has 0 amide bonds. The second kappa shape index (κ2) is 5.68. The average molecular weight is 324 g/mol. The van der Waals surface area contributed by atoms with E-state index >= 15 is 0 Å². The minimum absolute atomic E-state index is 0.114. The third-order valence-electron chi connectivity index (χ3n) is 1.98. The maximum Gasteiger partial charge on any atom is 0.209 e. The standard InChI is InChI=1S/C10H11ClINO/c1-13-9(10(12)14)6-7-2-4-8(11)5-3-7/h2-5,9,13H,6H2,1H3/t9-/m0/s1. The second-order valence-electron chi connectivity index (χ2n) is 2.98. The predicted molar refractivity (Wildman–Crippen MR) is 67.0 cm³/mol. The lowest BCUT2D eigenvalue weighted by atomic mass is 10.1. The number of hydrogen-bond acceptors (Lipinski definition) is 2. The van der Waals surface area contributed by atoms with Crippen molar-refractivity contribution in [3.8, 4) is 0 Å². The number of benzene rings is 1. The molecule has 1 aromatic rings. The average Bonchev–Trinajstić information content (AvgIpc) is 2.16. The first-order valence-electron chi connectivity index (χ1n) is 4.24. The van der Waals surface area contributed by atoms with Crippen LogP contribution in [0.3, 0.4) is 0 Å². The quantitative estimate of drug-likeness (QED) is 0.681. The van der Waals surface area contributed by atoms with Crippen molar-refractivity contribution >= 4 is 38.0 Å². The molecular weight excluding hydrogens is 312 g/mol. The number of likely N-dealkylation sites (N-methyl/N-ethyl adjacent to an activating group) is 1. The first kappa shape index (κ1) is 11.9. The Morgan fingerprint density at radius 1 is 1.50 bits per heavy atom. The summed E-state index contributed by atoms with van der Waals surface area (Å²) in [6.07, 6.45) is 0.704. The molecule has 2 nitrogen and oxygen atoms in total. The first-order chi connectivity index (χ1) is 6.63. The van der Waals surface area contributed by atoms with E-state index in [0.29, 0.717) is 6.42 Å². The summed E-state index contributed by atoms with van der Waals surface area (Å²) in [5.41, 5.74) is 1.11. The van der Waals surface area contributed by atoms with Crippen LogP contribution in [0.2, 0.25) is 5.02 Å². The van der Waals surface area contributed by atoms with Gasteiger partial charge in [-0.15, -0.1) is 0 Å². The SMILES string of the molecule is CN[C@@H](Cc1ccc(Cl)cc1)C(=O)I. The molecular formula is C10H11ClINO. The summed E-state index contributed by atoms with van der Waals surface area (Å²) >= 11 is 7.57. The molecule has 1 aromatic carbocycles. The van der Waals surface area contributed by atoms with Gasteiger partial charge in [0.25, 0.3) is 0 Å². The van der Waals surface area contributed by atoms with Crippen LogP contribution < -0.4 is 5.32 Å². The molecule has 0 radical (unpaired) electrons. The Kier molecular flexibility index (Phi) is 4.84. The lowest BCUT2D eigenvalue weighted by Gasteiger charge is -2.11. The highest BCUT2D eigenvalue weighted by atomic mass is 127. The highest BCUT2D eigenvalue weighted by Crippen LogP contribution is 2.12. The summed E-state index contributed by atoms with van der Waals surface area (Å²) in [6, 6.07) is 7.43. The molecule has 0 aliphatic rings. The number of carbonyl (C=O) groups is 1. The molecule has 0 aliphatic heterocycles. The largest absolute Gasteiger partial charge is 0.310 e. The molecule has 0 saturated heterocycles. The molecule has 0 heterocycles. The van der Waals surface area contributed by atoms with Crippen molar-refractivity contribution in [1.29, 1.82) is 0 Å². The van der Waals surface area contributed by atoms with Crippen LogP contribution in [0.4, 0.5) is 0 Å². The van der Waals surface area contributed by atoms with Crippen molar-refractivity contribution < 1.29 is 4.79 Å². The highest BCUT2D eigenvalue weighted by molar-refractivity contribution is 14.1. The fourth-order valence-corrected chi connectivity index (χ4v) is 1.81. The molecule has 0 fully saturated rings. The van der Waals surface area contributed by atoms with Gasteiger partial charge in [0.15, 0.2) is 0 Å². The maximum atomic E-state index is 11.1. The molecule has 0 saturated carbocycles. The van der Waals surface area contributed by atoms with Crippen molar-refractivity contribution in [2.24, 2.45) is 0 Å². The normalized spacial score (nSPS) is 12.5. The van der Waals surface area contributed by atoms with Crippen molar-refractivity contribution in [2.75, 3.05) is 7.05 Å². The fourth-order valence-electron chi connectivity index (χ4n) is 1.15. The Morgan fingerprint density at radius 3 is 2.50 bits per heavy atom. The van der Waals surface area contributed by atoms with Gasteiger partial charge in [0.05, 0.1) is 6.04 Å². The summed E-state index contributed by atoms with van der Waals surface area (Å²) < 4.78 is 0.125. The number of rotatable bonds is 4. The maximum absolute atomic E-state index is 11.1. The van der Waals surface area contributed by atoms with Crippen LogP contribution >= 0.6 is 34.2 Å². The molecule has 4 heteroatoms. The summed E-state index contributed by atoms with van der Waals surface area (Å²) in [5.74, 6) is 0. The molecule has 0 aromatic heterocycles. The molecule has 0 aliphatic carbocycles. The Labute approximate surface area is 102 Å². The minimum Gasteiger partial charge on any atom is -0.310 e. The summed E-state index contributed by atoms with van der Waals surface area (Å²) in [6.45, 7) is 0. The number of carbonyl (C=O) groups excluding carboxylic acids is 1. The van der Waals surface area contributed by atoms with E-state index in [1.165, 1.54) is 0 Å². The molecule has 1 rings (SSSR count). The number of nitrogens with one attached hydrogen (secondary N) is 1. The Morgan fingerprint density at radius 2 is 2.07 bits per heavy atom. The van der Waals surface area contributed by atoms with E-state index in [-0.39, 0.29) is 9.83 Å². The van der Waals surface area contributed by atoms with E-state index in [1.807, 2.05) is 46.9 Å². The Balaban J connectivity index is 2.67. The molecule has 76 valence electrons. The van der Waals surface area contributed by atoms with Gasteiger partial charge in [0, 0.05) is 27.6 Å². The van der Waals surface area contributed by atoms with Crippen molar-refractivity contribution in [3.63, 3.8) is 0 Å². The molecule has 1 atom stereocenters. The fraction of sp³-hybridized carbons (Fsp3) is 0.300. The van der Waals surface area contributed by atoms with Gasteiger partial charge in [0.1, 0.15) is 0 Å². The van der Waals surface area contributed by atoms with E-state index in [0.717, 1.165) is 10.6 Å². The topological polar surface area (TPSA) is 29.1 Å². The van der Waals surface area contributed by atoms with Gasteiger partial charge in [-0.25, -0.2) is 0 Å². The van der Waals surface area contributed by atoms with Gasteiger partial charge in [-0.3, -0.25) is 4.79 Å². The van der Waals surface area contributed by atoms with Gasteiger partial charge in [0.2, 0.25) is 3.79 Å². The lowest BCUT2D eigenvalue weighted by Crippen LogP contribution is -2.32. The van der Waals surface area contributed by atoms with E-state index in [2.05, 4.69) is 5.32 Å². The van der Waals surface area contributed by atoms with E-state index in [1.54, 1.807) is 7.05 Å². The Bertz CT molecular complexity index is 312. The molecule has 14 heavy (non-hydrogen) atoms. The lowest BCUT2D eigenvalue weighted by molar-refractivity contribution is -0.111. The molecule has 1 N–H and O–H groups in total. The van der Waals surface area contributed by atoms with Gasteiger partial charge in [-0.1, -0.05) is 23.7 Å². The summed E-state index contributed by atoms with van der Waals surface area (Å²) in [5, 5.41) is 3.69. The predicted octanol–water partition coefficient (Wildman–Crippen LogP) is 2.43. The zero-order valence-electron chi connectivity index (χ0n) is 7.76. The zero-order valence-corrected chi connectivity index (χ0v) is 10.7. The van der Waals surface area contributed by atoms with Gasteiger partial charge < -0.3 is 5.32 Å². The highest BCUT2D eigenvalue weighted by Gasteiger charge is 2.13. The van der Waals surface area contributed by atoms with Gasteiger partial charge in [-0.05, 0) is 31.2 Å². The zero-order chi connectivity index (χ0) is 10.6. The first-order valence-corrected chi connectivity index (χ1v) is 5.70. The second-order valence-corrected chi connectivity index (χ2v) is 4.48.